The zero-order valence-corrected chi connectivity index (χ0v) is 17.2. The molecule has 28 heavy (non-hydrogen) atoms. The maximum Gasteiger partial charge on any atom is 0.266 e. The van der Waals surface area contributed by atoms with Gasteiger partial charge in [0, 0.05) is 18.7 Å². The summed E-state index contributed by atoms with van der Waals surface area (Å²) in [4.78, 5) is 26.9. The molecule has 0 atom stereocenters. The number of carbonyl (C=O) groups is 2. The van der Waals surface area contributed by atoms with Crippen LogP contribution in [-0.4, -0.2) is 34.7 Å². The van der Waals surface area contributed by atoms with E-state index in [9.17, 15) is 9.59 Å². The predicted molar refractivity (Wildman–Crippen MR) is 117 cm³/mol. The van der Waals surface area contributed by atoms with Crippen LogP contribution in [0.15, 0.2) is 53.4 Å². The summed E-state index contributed by atoms with van der Waals surface area (Å²) < 4.78 is 5.57. The summed E-state index contributed by atoms with van der Waals surface area (Å²) >= 11 is 6.59. The minimum atomic E-state index is -0.179. The highest BCUT2D eigenvalue weighted by atomic mass is 32.2. The predicted octanol–water partition coefficient (Wildman–Crippen LogP) is 4.23. The molecule has 2 amide bonds. The van der Waals surface area contributed by atoms with E-state index in [1.165, 1.54) is 16.7 Å². The Morgan fingerprint density at radius 2 is 1.86 bits per heavy atom. The van der Waals surface area contributed by atoms with Gasteiger partial charge < -0.3 is 10.1 Å². The maximum atomic E-state index is 12.6. The van der Waals surface area contributed by atoms with Crippen molar-refractivity contribution >= 4 is 51.9 Å². The number of thiocarbonyl (C=S) groups is 1. The lowest BCUT2D eigenvalue weighted by molar-refractivity contribution is -0.122. The third kappa shape index (κ3) is 4.99. The molecule has 1 aliphatic heterocycles. The number of aryl methyl sites for hydroxylation is 1. The van der Waals surface area contributed by atoms with Gasteiger partial charge >= 0.3 is 0 Å². The van der Waals surface area contributed by atoms with E-state index in [4.69, 9.17) is 17.0 Å². The van der Waals surface area contributed by atoms with Gasteiger partial charge in [-0.2, -0.15) is 0 Å². The number of amides is 2. The van der Waals surface area contributed by atoms with E-state index in [0.29, 0.717) is 14.9 Å². The molecule has 3 rings (SSSR count). The molecule has 1 saturated heterocycles. The fraction of sp³-hybridized carbons (Fsp3) is 0.190. The smallest absolute Gasteiger partial charge is 0.266 e. The molecule has 0 saturated carbocycles. The molecule has 2 aromatic carbocycles. The molecule has 7 heteroatoms. The largest absolute Gasteiger partial charge is 0.497 e. The molecular formula is C21H20N2O3S2. The van der Waals surface area contributed by atoms with Crippen molar-refractivity contribution in [2.45, 2.75) is 13.3 Å². The number of nitrogens with one attached hydrogen (secondary N) is 1. The van der Waals surface area contributed by atoms with Gasteiger partial charge in [-0.3, -0.25) is 14.5 Å². The molecule has 0 aliphatic carbocycles. The lowest BCUT2D eigenvalue weighted by Crippen LogP contribution is -2.31. The average Bonchev–Trinajstić information content (AvgIpc) is 2.95. The van der Waals surface area contributed by atoms with Crippen LogP contribution >= 0.6 is 24.0 Å². The fourth-order valence-electron chi connectivity index (χ4n) is 2.62. The molecule has 1 fully saturated rings. The molecule has 0 spiro atoms. The van der Waals surface area contributed by atoms with Crippen LogP contribution in [0.5, 0.6) is 5.75 Å². The van der Waals surface area contributed by atoms with Crippen molar-refractivity contribution in [2.75, 3.05) is 19.0 Å². The Balaban J connectivity index is 1.57. The number of rotatable bonds is 6. The van der Waals surface area contributed by atoms with Crippen LogP contribution in [0.1, 0.15) is 17.5 Å². The Morgan fingerprint density at radius 1 is 1.18 bits per heavy atom. The summed E-state index contributed by atoms with van der Waals surface area (Å²) in [6.07, 6.45) is 1.99. The van der Waals surface area contributed by atoms with Crippen molar-refractivity contribution in [3.8, 4) is 5.75 Å². The average molecular weight is 413 g/mol. The van der Waals surface area contributed by atoms with Gasteiger partial charge in [0.2, 0.25) is 5.91 Å². The van der Waals surface area contributed by atoms with Crippen molar-refractivity contribution in [1.29, 1.82) is 0 Å². The van der Waals surface area contributed by atoms with Crippen LogP contribution in [-0.2, 0) is 9.59 Å². The molecule has 5 nitrogen and oxygen atoms in total. The Labute approximate surface area is 173 Å². The minimum Gasteiger partial charge on any atom is -0.497 e. The van der Waals surface area contributed by atoms with Crippen molar-refractivity contribution in [2.24, 2.45) is 0 Å². The number of nitrogens with zero attached hydrogens (tertiary/aromatic N) is 1. The van der Waals surface area contributed by atoms with Crippen LogP contribution in [0.4, 0.5) is 5.69 Å². The van der Waals surface area contributed by atoms with E-state index >= 15 is 0 Å². The van der Waals surface area contributed by atoms with E-state index in [1.807, 2.05) is 37.3 Å². The van der Waals surface area contributed by atoms with Gasteiger partial charge in [0.05, 0.1) is 12.0 Å². The fourth-order valence-corrected chi connectivity index (χ4v) is 3.93. The first-order valence-electron chi connectivity index (χ1n) is 8.72. The third-order valence-corrected chi connectivity index (χ3v) is 5.56. The zero-order valence-electron chi connectivity index (χ0n) is 15.6. The van der Waals surface area contributed by atoms with Gasteiger partial charge in [0.25, 0.3) is 5.91 Å². The molecule has 0 unspecified atom stereocenters. The number of benzene rings is 2. The Morgan fingerprint density at radius 3 is 2.50 bits per heavy atom. The van der Waals surface area contributed by atoms with Crippen LogP contribution in [0.2, 0.25) is 0 Å². The topological polar surface area (TPSA) is 58.6 Å². The molecular weight excluding hydrogens is 392 g/mol. The summed E-state index contributed by atoms with van der Waals surface area (Å²) in [5, 5.41) is 2.81. The number of methoxy groups -OCH3 is 1. The minimum absolute atomic E-state index is 0.159. The monoisotopic (exact) mass is 412 g/mol. The highest BCUT2D eigenvalue weighted by molar-refractivity contribution is 8.26. The highest BCUT2D eigenvalue weighted by Crippen LogP contribution is 2.32. The maximum absolute atomic E-state index is 12.6. The number of thioether (sulfide) groups is 1. The Kier molecular flexibility index (Phi) is 6.49. The molecule has 0 aromatic heterocycles. The molecule has 1 N–H and O–H groups in total. The quantitative estimate of drug-likeness (QED) is 0.568. The molecule has 0 radical (unpaired) electrons. The highest BCUT2D eigenvalue weighted by Gasteiger charge is 2.32. The molecule has 0 bridgehead atoms. The summed E-state index contributed by atoms with van der Waals surface area (Å²) in [6.45, 7) is 2.26. The number of anilines is 1. The first-order chi connectivity index (χ1) is 13.5. The lowest BCUT2D eigenvalue weighted by Gasteiger charge is -2.14. The molecule has 1 heterocycles. The van der Waals surface area contributed by atoms with Crippen LogP contribution in [0, 0.1) is 6.92 Å². The second kappa shape index (κ2) is 9.03. The molecule has 2 aromatic rings. The van der Waals surface area contributed by atoms with Crippen molar-refractivity contribution in [3.05, 3.63) is 64.6 Å². The van der Waals surface area contributed by atoms with Crippen LogP contribution < -0.4 is 10.1 Å². The van der Waals surface area contributed by atoms with Gasteiger partial charge in [0.1, 0.15) is 10.1 Å². The zero-order chi connectivity index (χ0) is 20.1. The van der Waals surface area contributed by atoms with Crippen molar-refractivity contribution in [3.63, 3.8) is 0 Å². The SMILES string of the molecule is COc1ccc(NC(=O)CCN2C(=O)C(=Cc3ccc(C)cc3)SC2=S)cc1. The van der Waals surface area contributed by atoms with Crippen molar-refractivity contribution in [1.82, 2.24) is 4.90 Å². The van der Waals surface area contributed by atoms with Crippen LogP contribution in [0.3, 0.4) is 0 Å². The number of hydrogen-bond acceptors (Lipinski definition) is 5. The summed E-state index contributed by atoms with van der Waals surface area (Å²) in [7, 11) is 1.59. The second-order valence-electron chi connectivity index (χ2n) is 6.27. The first kappa shape index (κ1) is 20.1. The summed E-state index contributed by atoms with van der Waals surface area (Å²) in [5.41, 5.74) is 2.78. The molecule has 144 valence electrons. The number of ether oxygens (including phenoxy) is 1. The van der Waals surface area contributed by atoms with E-state index < -0.39 is 0 Å². The Bertz CT molecular complexity index is 922. The Hall–Kier alpha value is -2.64. The van der Waals surface area contributed by atoms with Gasteiger partial charge in [0.15, 0.2) is 0 Å². The van der Waals surface area contributed by atoms with E-state index in [-0.39, 0.29) is 24.8 Å². The standard InChI is InChI=1S/C21H20N2O3S2/c1-14-3-5-15(6-4-14)13-18-20(25)23(21(27)28-18)12-11-19(24)22-16-7-9-17(26-2)10-8-16/h3-10,13H,11-12H2,1-2H3,(H,22,24). The third-order valence-electron chi connectivity index (χ3n) is 4.18. The molecule has 1 aliphatic rings. The second-order valence-corrected chi connectivity index (χ2v) is 7.95. The summed E-state index contributed by atoms with van der Waals surface area (Å²) in [6, 6.07) is 15.0. The van der Waals surface area contributed by atoms with E-state index in [1.54, 1.807) is 31.4 Å². The van der Waals surface area contributed by atoms with Crippen LogP contribution in [0.25, 0.3) is 6.08 Å². The van der Waals surface area contributed by atoms with Gasteiger partial charge in [-0.1, -0.05) is 53.8 Å². The summed E-state index contributed by atoms with van der Waals surface area (Å²) in [5.74, 6) is 0.380. The lowest BCUT2D eigenvalue weighted by atomic mass is 10.1. The van der Waals surface area contributed by atoms with E-state index in [2.05, 4.69) is 5.32 Å². The normalized spacial score (nSPS) is 15.2. The van der Waals surface area contributed by atoms with Gasteiger partial charge in [-0.05, 0) is 42.8 Å². The van der Waals surface area contributed by atoms with E-state index in [0.717, 1.165) is 16.9 Å². The number of carbonyl (C=O) groups excluding carboxylic acids is 2. The van der Waals surface area contributed by atoms with Gasteiger partial charge in [-0.15, -0.1) is 0 Å². The number of hydrogen-bond donors (Lipinski definition) is 1. The van der Waals surface area contributed by atoms with Gasteiger partial charge in [-0.25, -0.2) is 0 Å². The van der Waals surface area contributed by atoms with Crippen molar-refractivity contribution < 1.29 is 14.3 Å². The first-order valence-corrected chi connectivity index (χ1v) is 9.94.